The van der Waals surface area contributed by atoms with Crippen molar-refractivity contribution >= 4 is 10.0 Å². The Labute approximate surface area is 97.2 Å². The first-order valence-electron chi connectivity index (χ1n) is 5.85. The topological polar surface area (TPSA) is 58.6 Å². The number of rotatable bonds is 2. The van der Waals surface area contributed by atoms with Crippen molar-refractivity contribution in [2.45, 2.75) is 37.7 Å². The second kappa shape index (κ2) is 4.25. The van der Waals surface area contributed by atoms with Gasteiger partial charge in [-0.3, -0.25) is 0 Å². The summed E-state index contributed by atoms with van der Waals surface area (Å²) in [6, 6.07) is 0. The zero-order valence-corrected chi connectivity index (χ0v) is 10.7. The third-order valence-electron chi connectivity index (χ3n) is 3.41. The van der Waals surface area contributed by atoms with E-state index >= 15 is 0 Å². The summed E-state index contributed by atoms with van der Waals surface area (Å²) in [6.07, 6.45) is 1.50. The standard InChI is InChI=1S/C10H20N2O3S/c1-9(2)16(13,14)12-7-8-15-10(12)3-5-11-6-4-10/h9,11H,3-8H2,1-2H3. The maximum Gasteiger partial charge on any atom is 0.218 e. The first-order chi connectivity index (χ1) is 7.49. The number of hydrogen-bond acceptors (Lipinski definition) is 4. The Morgan fingerprint density at radius 3 is 2.50 bits per heavy atom. The van der Waals surface area contributed by atoms with Gasteiger partial charge in [-0.05, 0) is 26.9 Å². The highest BCUT2D eigenvalue weighted by molar-refractivity contribution is 7.89. The van der Waals surface area contributed by atoms with Gasteiger partial charge < -0.3 is 10.1 Å². The van der Waals surface area contributed by atoms with Gasteiger partial charge in [0.2, 0.25) is 10.0 Å². The van der Waals surface area contributed by atoms with Crippen molar-refractivity contribution in [3.8, 4) is 0 Å². The fourth-order valence-electron chi connectivity index (χ4n) is 2.42. The van der Waals surface area contributed by atoms with Gasteiger partial charge in [-0.25, -0.2) is 8.42 Å². The van der Waals surface area contributed by atoms with E-state index in [9.17, 15) is 8.42 Å². The third-order valence-corrected chi connectivity index (χ3v) is 5.73. The largest absolute Gasteiger partial charge is 0.358 e. The molecule has 2 rings (SSSR count). The molecule has 0 atom stereocenters. The van der Waals surface area contributed by atoms with E-state index in [1.165, 1.54) is 0 Å². The molecule has 6 heteroatoms. The van der Waals surface area contributed by atoms with Gasteiger partial charge in [-0.15, -0.1) is 0 Å². The van der Waals surface area contributed by atoms with Gasteiger partial charge in [0.1, 0.15) is 5.72 Å². The molecule has 1 N–H and O–H groups in total. The predicted octanol–water partition coefficient (Wildman–Crippen LogP) is 0.136. The van der Waals surface area contributed by atoms with Crippen LogP contribution in [0.3, 0.4) is 0 Å². The maximum absolute atomic E-state index is 12.2. The second-order valence-electron chi connectivity index (χ2n) is 4.71. The highest BCUT2D eigenvalue weighted by atomic mass is 32.2. The van der Waals surface area contributed by atoms with Gasteiger partial charge in [0.15, 0.2) is 0 Å². The predicted molar refractivity (Wildman–Crippen MR) is 61.5 cm³/mol. The monoisotopic (exact) mass is 248 g/mol. The minimum atomic E-state index is -3.20. The lowest BCUT2D eigenvalue weighted by Gasteiger charge is -2.40. The first kappa shape index (κ1) is 12.3. The fourth-order valence-corrected chi connectivity index (χ4v) is 3.96. The van der Waals surface area contributed by atoms with Crippen molar-refractivity contribution < 1.29 is 13.2 Å². The van der Waals surface area contributed by atoms with Crippen molar-refractivity contribution in [2.75, 3.05) is 26.2 Å². The summed E-state index contributed by atoms with van der Waals surface area (Å²) in [4.78, 5) is 0. The molecule has 2 aliphatic rings. The van der Waals surface area contributed by atoms with Crippen LogP contribution in [0.1, 0.15) is 26.7 Å². The zero-order chi connectivity index (χ0) is 11.8. The molecule has 0 amide bonds. The molecular formula is C10H20N2O3S. The summed E-state index contributed by atoms with van der Waals surface area (Å²) in [5, 5.41) is 2.86. The molecule has 0 aromatic rings. The zero-order valence-electron chi connectivity index (χ0n) is 9.90. The van der Waals surface area contributed by atoms with Crippen LogP contribution >= 0.6 is 0 Å². The molecule has 0 aromatic carbocycles. The average Bonchev–Trinajstić information content (AvgIpc) is 2.63. The number of nitrogens with one attached hydrogen (secondary N) is 1. The number of hydrogen-bond donors (Lipinski definition) is 1. The lowest BCUT2D eigenvalue weighted by Crippen LogP contribution is -2.55. The molecule has 0 aromatic heterocycles. The van der Waals surface area contributed by atoms with E-state index in [1.54, 1.807) is 18.2 Å². The van der Waals surface area contributed by atoms with Crippen LogP contribution in [0.15, 0.2) is 0 Å². The Kier molecular flexibility index (Phi) is 3.27. The van der Waals surface area contributed by atoms with E-state index in [2.05, 4.69) is 5.32 Å². The summed E-state index contributed by atoms with van der Waals surface area (Å²) < 4.78 is 31.8. The van der Waals surface area contributed by atoms with E-state index in [1.807, 2.05) is 0 Å². The van der Waals surface area contributed by atoms with Crippen molar-refractivity contribution in [2.24, 2.45) is 0 Å². The normalized spacial score (nSPS) is 26.7. The minimum absolute atomic E-state index is 0.374. The van der Waals surface area contributed by atoms with Crippen molar-refractivity contribution in [3.05, 3.63) is 0 Å². The van der Waals surface area contributed by atoms with Gasteiger partial charge in [0.05, 0.1) is 11.9 Å². The molecule has 5 nitrogen and oxygen atoms in total. The molecule has 0 radical (unpaired) electrons. The van der Waals surface area contributed by atoms with Gasteiger partial charge >= 0.3 is 0 Å². The Balaban J connectivity index is 2.27. The van der Waals surface area contributed by atoms with Crippen LogP contribution in [0.5, 0.6) is 0 Å². The van der Waals surface area contributed by atoms with E-state index in [-0.39, 0.29) is 5.25 Å². The molecule has 2 saturated heterocycles. The third kappa shape index (κ3) is 1.88. The molecule has 0 aliphatic carbocycles. The smallest absolute Gasteiger partial charge is 0.218 e. The molecule has 2 fully saturated rings. The van der Waals surface area contributed by atoms with Crippen LogP contribution in [0, 0.1) is 0 Å². The van der Waals surface area contributed by atoms with Crippen molar-refractivity contribution in [1.82, 2.24) is 9.62 Å². The Morgan fingerprint density at radius 1 is 1.31 bits per heavy atom. The van der Waals surface area contributed by atoms with E-state index in [0.29, 0.717) is 13.2 Å². The number of sulfonamides is 1. The Hall–Kier alpha value is -0.170. The fraction of sp³-hybridized carbons (Fsp3) is 1.00. The maximum atomic E-state index is 12.2. The molecule has 2 heterocycles. The number of ether oxygens (including phenoxy) is 1. The highest BCUT2D eigenvalue weighted by Gasteiger charge is 2.49. The molecule has 0 saturated carbocycles. The van der Waals surface area contributed by atoms with Crippen LogP contribution in [-0.4, -0.2) is 49.9 Å². The molecule has 0 unspecified atom stereocenters. The van der Waals surface area contributed by atoms with E-state index in [0.717, 1.165) is 25.9 Å². The summed E-state index contributed by atoms with van der Waals surface area (Å²) in [5.41, 5.74) is -0.561. The summed E-state index contributed by atoms with van der Waals surface area (Å²) in [7, 11) is -3.20. The second-order valence-corrected chi connectivity index (χ2v) is 7.12. The van der Waals surface area contributed by atoms with Crippen LogP contribution < -0.4 is 5.32 Å². The highest BCUT2D eigenvalue weighted by Crippen LogP contribution is 2.35. The minimum Gasteiger partial charge on any atom is -0.358 e. The molecular weight excluding hydrogens is 228 g/mol. The number of piperidine rings is 1. The lowest BCUT2D eigenvalue weighted by molar-refractivity contribution is -0.0706. The molecule has 1 spiro atoms. The first-order valence-corrected chi connectivity index (χ1v) is 7.36. The van der Waals surface area contributed by atoms with Crippen LogP contribution in [0.4, 0.5) is 0 Å². The van der Waals surface area contributed by atoms with Gasteiger partial charge in [-0.1, -0.05) is 0 Å². The van der Waals surface area contributed by atoms with Crippen LogP contribution in [-0.2, 0) is 14.8 Å². The van der Waals surface area contributed by atoms with Gasteiger partial charge in [0, 0.05) is 19.4 Å². The molecule has 2 aliphatic heterocycles. The van der Waals surface area contributed by atoms with Gasteiger partial charge in [-0.2, -0.15) is 4.31 Å². The average molecular weight is 248 g/mol. The Morgan fingerprint density at radius 2 is 1.94 bits per heavy atom. The SMILES string of the molecule is CC(C)S(=O)(=O)N1CCOC12CCNCC2. The Bertz CT molecular complexity index is 347. The van der Waals surface area contributed by atoms with Crippen LogP contribution in [0.2, 0.25) is 0 Å². The quantitative estimate of drug-likeness (QED) is 0.755. The molecule has 94 valence electrons. The van der Waals surface area contributed by atoms with Crippen molar-refractivity contribution in [3.63, 3.8) is 0 Å². The molecule has 0 bridgehead atoms. The lowest BCUT2D eigenvalue weighted by atomic mass is 10.0. The van der Waals surface area contributed by atoms with Crippen molar-refractivity contribution in [1.29, 1.82) is 0 Å². The van der Waals surface area contributed by atoms with Gasteiger partial charge in [0.25, 0.3) is 0 Å². The summed E-state index contributed by atoms with van der Waals surface area (Å²) in [5.74, 6) is 0. The summed E-state index contributed by atoms with van der Waals surface area (Å²) >= 11 is 0. The van der Waals surface area contributed by atoms with Crippen LogP contribution in [0.25, 0.3) is 0 Å². The van der Waals surface area contributed by atoms with E-state index in [4.69, 9.17) is 4.74 Å². The summed E-state index contributed by atoms with van der Waals surface area (Å²) in [6.45, 7) is 6.12. The number of nitrogens with zero attached hydrogens (tertiary/aromatic N) is 1. The molecule has 16 heavy (non-hydrogen) atoms. The van der Waals surface area contributed by atoms with E-state index < -0.39 is 15.7 Å².